The Morgan fingerprint density at radius 3 is 1.81 bits per heavy atom. The fraction of sp³-hybridized carbons (Fsp3) is 0.103. The zero-order valence-electron chi connectivity index (χ0n) is 23.0. The van der Waals surface area contributed by atoms with Crippen molar-refractivity contribution >= 4 is 28.4 Å². The molecule has 2 aliphatic heterocycles. The second-order valence-corrected chi connectivity index (χ2v) is 12.9. The number of aromatic nitrogens is 2. The Labute approximate surface area is 250 Å². The number of para-hydroxylation sites is 2. The molecule has 42 heavy (non-hydrogen) atoms. The summed E-state index contributed by atoms with van der Waals surface area (Å²) in [6.07, 6.45) is 4.94. The molecule has 6 aromatic rings. The van der Waals surface area contributed by atoms with Crippen LogP contribution in [0.4, 0.5) is 0 Å². The number of hydrogen-bond donors (Lipinski definition) is 0. The minimum Gasteiger partial charge on any atom is -0.306 e. The van der Waals surface area contributed by atoms with Crippen LogP contribution in [0.2, 0.25) is 0 Å². The average Bonchev–Trinajstić information content (AvgIpc) is 3.81. The lowest BCUT2D eigenvalue weighted by molar-refractivity contribution is 0.281. The summed E-state index contributed by atoms with van der Waals surface area (Å²) in [5, 5.41) is 0. The maximum Gasteiger partial charge on any atom is 0.132 e. The quantitative estimate of drug-likeness (QED) is 0.216. The molecule has 3 heteroatoms. The van der Waals surface area contributed by atoms with E-state index in [0.29, 0.717) is 0 Å². The van der Waals surface area contributed by atoms with Gasteiger partial charge in [0.2, 0.25) is 0 Å². The first-order valence-electron chi connectivity index (χ1n) is 14.7. The fourth-order valence-corrected chi connectivity index (χ4v) is 10.1. The molecule has 2 bridgehead atoms. The van der Waals surface area contributed by atoms with E-state index in [4.69, 9.17) is 4.98 Å². The fourth-order valence-electron chi connectivity index (χ4n) is 7.87. The number of benzene rings is 5. The van der Waals surface area contributed by atoms with E-state index < -0.39 is 0 Å². The van der Waals surface area contributed by atoms with Crippen molar-refractivity contribution < 1.29 is 0 Å². The molecule has 200 valence electrons. The third-order valence-electron chi connectivity index (χ3n) is 9.41. The van der Waals surface area contributed by atoms with Crippen LogP contribution in [-0.4, -0.2) is 9.55 Å². The van der Waals surface area contributed by atoms with Crippen LogP contribution >= 0.6 is 11.8 Å². The van der Waals surface area contributed by atoms with Gasteiger partial charge in [0.1, 0.15) is 15.4 Å². The lowest BCUT2D eigenvalue weighted by atomic mass is 9.69. The van der Waals surface area contributed by atoms with E-state index in [1.807, 2.05) is 0 Å². The van der Waals surface area contributed by atoms with Gasteiger partial charge in [-0.25, -0.2) is 4.98 Å². The lowest BCUT2D eigenvalue weighted by Gasteiger charge is -2.40. The average molecular weight is 557 g/mol. The standard InChI is InChI=1S/C39H28N2S/c1-5-15-27(16-6-1)35(28-17-7-2-8-18-28)31-25-26-32-36(31)39(30-21-11-4-12-22-30)41-34-24-14-13-23-33(34)40-37(41)38(32,42-39)29-19-9-3-10-20-29/h1-26,32,36H/t32-,36-,38+,39-/m1/s1. The lowest BCUT2D eigenvalue weighted by Crippen LogP contribution is -2.43. The van der Waals surface area contributed by atoms with Crippen LogP contribution < -0.4 is 0 Å². The largest absolute Gasteiger partial charge is 0.306 e. The molecule has 4 atom stereocenters. The third-order valence-corrected chi connectivity index (χ3v) is 11.4. The topological polar surface area (TPSA) is 17.8 Å². The molecule has 0 saturated carbocycles. The molecular weight excluding hydrogens is 529 g/mol. The van der Waals surface area contributed by atoms with Gasteiger partial charge in [-0.1, -0.05) is 146 Å². The molecule has 3 aliphatic rings. The van der Waals surface area contributed by atoms with E-state index in [2.05, 4.69) is 174 Å². The molecule has 2 nitrogen and oxygen atoms in total. The number of nitrogens with zero attached hydrogens (tertiary/aromatic N) is 2. The van der Waals surface area contributed by atoms with Crippen molar-refractivity contribution in [3.63, 3.8) is 0 Å². The number of allylic oxidation sites excluding steroid dienone is 3. The summed E-state index contributed by atoms with van der Waals surface area (Å²) >= 11 is 2.10. The van der Waals surface area contributed by atoms with E-state index in [-0.39, 0.29) is 21.5 Å². The van der Waals surface area contributed by atoms with Crippen molar-refractivity contribution in [2.45, 2.75) is 9.62 Å². The Balaban J connectivity index is 1.43. The Bertz CT molecular complexity index is 1970. The van der Waals surface area contributed by atoms with Crippen molar-refractivity contribution in [1.29, 1.82) is 0 Å². The van der Waals surface area contributed by atoms with Crippen molar-refractivity contribution in [2.75, 3.05) is 0 Å². The molecule has 9 rings (SSSR count). The SMILES string of the molecule is C1=C[C@@H]2[C@@H](C1=C(c1ccccc1)c1ccccc1)[C@@]1(c3ccccc3)S[C@]2(c2ccccc2)c2nc3ccccc3n21. The first-order chi connectivity index (χ1) is 20.8. The zero-order chi connectivity index (χ0) is 27.7. The Morgan fingerprint density at radius 2 is 1.17 bits per heavy atom. The van der Waals surface area contributed by atoms with Gasteiger partial charge in [-0.15, -0.1) is 11.8 Å². The van der Waals surface area contributed by atoms with Gasteiger partial charge >= 0.3 is 0 Å². The monoisotopic (exact) mass is 556 g/mol. The van der Waals surface area contributed by atoms with Crippen LogP contribution in [-0.2, 0) is 9.62 Å². The van der Waals surface area contributed by atoms with Gasteiger partial charge in [-0.2, -0.15) is 0 Å². The Morgan fingerprint density at radius 1 is 0.619 bits per heavy atom. The highest BCUT2D eigenvalue weighted by molar-refractivity contribution is 8.02. The van der Waals surface area contributed by atoms with Gasteiger partial charge in [0.25, 0.3) is 0 Å². The summed E-state index contributed by atoms with van der Waals surface area (Å²) < 4.78 is 2.29. The van der Waals surface area contributed by atoms with E-state index in [1.165, 1.54) is 38.9 Å². The highest BCUT2D eigenvalue weighted by Crippen LogP contribution is 2.77. The van der Waals surface area contributed by atoms with Crippen molar-refractivity contribution in [3.05, 3.63) is 191 Å². The van der Waals surface area contributed by atoms with Gasteiger partial charge in [-0.3, -0.25) is 0 Å². The second-order valence-electron chi connectivity index (χ2n) is 11.5. The Kier molecular flexibility index (Phi) is 5.12. The molecule has 5 aromatic carbocycles. The van der Waals surface area contributed by atoms with Gasteiger partial charge in [0.15, 0.2) is 0 Å². The Hall–Kier alpha value is -4.60. The molecule has 1 aliphatic carbocycles. The van der Waals surface area contributed by atoms with Crippen LogP contribution in [0, 0.1) is 11.8 Å². The number of imidazole rings is 1. The van der Waals surface area contributed by atoms with Crippen LogP contribution in [0.1, 0.15) is 28.1 Å². The van der Waals surface area contributed by atoms with Crippen molar-refractivity contribution in [3.8, 4) is 0 Å². The van der Waals surface area contributed by atoms with Crippen molar-refractivity contribution in [1.82, 2.24) is 9.55 Å². The highest BCUT2D eigenvalue weighted by atomic mass is 32.2. The zero-order valence-corrected chi connectivity index (χ0v) is 23.8. The molecule has 0 unspecified atom stereocenters. The summed E-state index contributed by atoms with van der Waals surface area (Å²) in [6.45, 7) is 0. The molecule has 0 N–H and O–H groups in total. The minimum absolute atomic E-state index is 0.200. The van der Waals surface area contributed by atoms with Crippen LogP contribution in [0.3, 0.4) is 0 Å². The van der Waals surface area contributed by atoms with Gasteiger partial charge in [-0.05, 0) is 45.5 Å². The van der Waals surface area contributed by atoms with Gasteiger partial charge in [0, 0.05) is 11.8 Å². The molecule has 1 fully saturated rings. The first-order valence-corrected chi connectivity index (χ1v) is 15.5. The molecule has 0 amide bonds. The predicted octanol–water partition coefficient (Wildman–Crippen LogP) is 9.05. The van der Waals surface area contributed by atoms with Crippen molar-refractivity contribution in [2.24, 2.45) is 11.8 Å². The first kappa shape index (κ1) is 24.0. The maximum absolute atomic E-state index is 5.43. The normalized spacial score (nSPS) is 25.1. The summed E-state index contributed by atoms with van der Waals surface area (Å²) in [7, 11) is 0. The third kappa shape index (κ3) is 3.04. The summed E-state index contributed by atoms with van der Waals surface area (Å²) in [6, 6.07) is 52.9. The molecule has 0 spiro atoms. The summed E-state index contributed by atoms with van der Waals surface area (Å²) in [5.74, 6) is 1.61. The summed E-state index contributed by atoms with van der Waals surface area (Å²) in [4.78, 5) is 5.06. The number of hydrogen-bond acceptors (Lipinski definition) is 2. The molecule has 1 aromatic heterocycles. The van der Waals surface area contributed by atoms with E-state index in [9.17, 15) is 0 Å². The summed E-state index contributed by atoms with van der Waals surface area (Å²) in [5.41, 5.74) is 10.1. The molecule has 0 radical (unpaired) electrons. The predicted molar refractivity (Wildman–Crippen MR) is 173 cm³/mol. The van der Waals surface area contributed by atoms with E-state index in [1.54, 1.807) is 0 Å². The van der Waals surface area contributed by atoms with Gasteiger partial charge < -0.3 is 4.57 Å². The highest BCUT2D eigenvalue weighted by Gasteiger charge is 2.73. The number of thioether (sulfide) groups is 1. The van der Waals surface area contributed by atoms with E-state index in [0.717, 1.165) is 11.3 Å². The van der Waals surface area contributed by atoms with E-state index >= 15 is 0 Å². The smallest absolute Gasteiger partial charge is 0.132 e. The number of rotatable bonds is 4. The molecule has 3 heterocycles. The molecular formula is C39H28N2S. The maximum atomic E-state index is 5.43. The van der Waals surface area contributed by atoms with Crippen LogP contribution in [0.25, 0.3) is 16.6 Å². The second kappa shape index (κ2) is 8.95. The van der Waals surface area contributed by atoms with Crippen LogP contribution in [0.15, 0.2) is 163 Å². The molecule has 1 saturated heterocycles. The van der Waals surface area contributed by atoms with Gasteiger partial charge in [0.05, 0.1) is 11.0 Å². The minimum atomic E-state index is -0.374. The van der Waals surface area contributed by atoms with Crippen LogP contribution in [0.5, 0.6) is 0 Å². The number of fused-ring (bicyclic) bond motifs is 10.